The maximum absolute atomic E-state index is 10.3. The Bertz CT molecular complexity index is 139. The van der Waals surface area contributed by atoms with E-state index in [0.717, 1.165) is 0 Å². The molecule has 0 spiro atoms. The molecule has 10 heavy (non-hydrogen) atoms. The topological polar surface area (TPSA) is 23.1 Å². The first kappa shape index (κ1) is 12.7. The average Bonchev–Trinajstić information content (AvgIpc) is 1.94. The van der Waals surface area contributed by atoms with Gasteiger partial charge in [0, 0.05) is 0 Å². The summed E-state index contributed by atoms with van der Waals surface area (Å²) in [6.45, 7) is 4.00. The first-order valence-electron chi connectivity index (χ1n) is 3.11. The molecule has 0 radical (unpaired) electrons. The summed E-state index contributed by atoms with van der Waals surface area (Å²) in [4.78, 5) is 0. The molecule has 1 aromatic rings. The molecule has 1 rings (SSSR count). The Balaban J connectivity index is 0. The van der Waals surface area contributed by atoms with Gasteiger partial charge in [0.1, 0.15) is 0 Å². The molecule has 0 bridgehead atoms. The minimum Gasteiger partial charge on any atom is -0.872 e. The molecule has 0 aliphatic rings. The van der Waals surface area contributed by atoms with E-state index in [-0.39, 0.29) is 35.3 Å². The van der Waals surface area contributed by atoms with E-state index in [2.05, 4.69) is 0 Å². The van der Waals surface area contributed by atoms with Gasteiger partial charge in [-0.15, -0.1) is 5.75 Å². The van der Waals surface area contributed by atoms with Gasteiger partial charge in [0.25, 0.3) is 0 Å². The van der Waals surface area contributed by atoms with Crippen molar-refractivity contribution in [1.29, 1.82) is 0 Å². The summed E-state index contributed by atoms with van der Waals surface area (Å²) in [5.74, 6) is 0.0718. The number of para-hydroxylation sites is 1. The maximum atomic E-state index is 10.3. The van der Waals surface area contributed by atoms with Crippen LogP contribution in [0.3, 0.4) is 0 Å². The predicted octanol–water partition coefficient (Wildman–Crippen LogP) is -1.21. The van der Waals surface area contributed by atoms with Gasteiger partial charge >= 0.3 is 29.6 Å². The SMILES string of the molecule is CC.[Na+].[O-]c1ccccc1. The Morgan fingerprint density at radius 3 is 1.60 bits per heavy atom. The first-order chi connectivity index (χ1) is 4.39. The van der Waals surface area contributed by atoms with Crippen LogP contribution in [-0.4, -0.2) is 0 Å². The van der Waals surface area contributed by atoms with Gasteiger partial charge in [0.15, 0.2) is 0 Å². The van der Waals surface area contributed by atoms with E-state index in [9.17, 15) is 5.11 Å². The molecular weight excluding hydrogens is 135 g/mol. The molecule has 0 atom stereocenters. The molecule has 50 valence electrons. The van der Waals surface area contributed by atoms with Crippen molar-refractivity contribution in [2.24, 2.45) is 0 Å². The molecular formula is C8H11NaO. The Kier molecular flexibility index (Phi) is 11.4. The van der Waals surface area contributed by atoms with Crippen LogP contribution in [0.5, 0.6) is 5.75 Å². The minimum atomic E-state index is 0. The van der Waals surface area contributed by atoms with Gasteiger partial charge in [-0.1, -0.05) is 44.2 Å². The summed E-state index contributed by atoms with van der Waals surface area (Å²) >= 11 is 0. The smallest absolute Gasteiger partial charge is 0.872 e. The van der Waals surface area contributed by atoms with Gasteiger partial charge in [-0.25, -0.2) is 0 Å². The average molecular weight is 146 g/mol. The fourth-order valence-corrected chi connectivity index (χ4v) is 0.420. The van der Waals surface area contributed by atoms with Crippen molar-refractivity contribution in [1.82, 2.24) is 0 Å². The second-order valence-electron chi connectivity index (χ2n) is 1.31. The number of hydrogen-bond donors (Lipinski definition) is 0. The zero-order valence-corrected chi connectivity index (χ0v) is 8.79. The molecule has 0 aromatic heterocycles. The Hall–Kier alpha value is 0.0200. The molecule has 2 heteroatoms. The third-order valence-corrected chi connectivity index (χ3v) is 0.743. The predicted molar refractivity (Wildman–Crippen MR) is 37.2 cm³/mol. The van der Waals surface area contributed by atoms with E-state index in [1.807, 2.05) is 19.9 Å². The summed E-state index contributed by atoms with van der Waals surface area (Å²) in [6.07, 6.45) is 0. The summed E-state index contributed by atoms with van der Waals surface area (Å²) in [6, 6.07) is 8.33. The van der Waals surface area contributed by atoms with Crippen molar-refractivity contribution < 1.29 is 34.7 Å². The van der Waals surface area contributed by atoms with Crippen LogP contribution in [0.4, 0.5) is 0 Å². The van der Waals surface area contributed by atoms with Gasteiger partial charge in [0.05, 0.1) is 0 Å². The largest absolute Gasteiger partial charge is 1.00 e. The molecule has 0 unspecified atom stereocenters. The van der Waals surface area contributed by atoms with Gasteiger partial charge in [0.2, 0.25) is 0 Å². The monoisotopic (exact) mass is 146 g/mol. The maximum Gasteiger partial charge on any atom is 1.00 e. The van der Waals surface area contributed by atoms with Gasteiger partial charge in [-0.2, -0.15) is 0 Å². The van der Waals surface area contributed by atoms with Crippen LogP contribution in [0.2, 0.25) is 0 Å². The van der Waals surface area contributed by atoms with E-state index in [4.69, 9.17) is 0 Å². The molecule has 0 saturated carbocycles. The summed E-state index contributed by atoms with van der Waals surface area (Å²) in [5.41, 5.74) is 0. The van der Waals surface area contributed by atoms with Crippen molar-refractivity contribution in [2.45, 2.75) is 13.8 Å². The van der Waals surface area contributed by atoms with Crippen LogP contribution in [0.25, 0.3) is 0 Å². The molecule has 0 heterocycles. The molecule has 1 nitrogen and oxygen atoms in total. The van der Waals surface area contributed by atoms with E-state index >= 15 is 0 Å². The van der Waals surface area contributed by atoms with Crippen molar-refractivity contribution in [2.75, 3.05) is 0 Å². The molecule has 0 amide bonds. The van der Waals surface area contributed by atoms with Crippen LogP contribution in [-0.2, 0) is 0 Å². The van der Waals surface area contributed by atoms with Crippen LogP contribution in [0.15, 0.2) is 30.3 Å². The fourth-order valence-electron chi connectivity index (χ4n) is 0.420. The van der Waals surface area contributed by atoms with Crippen molar-refractivity contribution in [3.63, 3.8) is 0 Å². The minimum absolute atomic E-state index is 0. The summed E-state index contributed by atoms with van der Waals surface area (Å²) in [5, 5.41) is 10.3. The molecule has 0 fully saturated rings. The standard InChI is InChI=1S/C6H6O.C2H6.Na/c7-6-4-2-1-3-5-6;1-2;/h1-5,7H;1-2H3;/q;;+1/p-1. The van der Waals surface area contributed by atoms with Crippen LogP contribution < -0.4 is 34.7 Å². The van der Waals surface area contributed by atoms with Gasteiger partial charge < -0.3 is 5.11 Å². The van der Waals surface area contributed by atoms with E-state index in [1.54, 1.807) is 12.1 Å². The molecule has 0 aliphatic heterocycles. The zero-order chi connectivity index (χ0) is 7.11. The number of hydrogen-bond acceptors (Lipinski definition) is 1. The Morgan fingerprint density at radius 2 is 1.40 bits per heavy atom. The fraction of sp³-hybridized carbons (Fsp3) is 0.250. The molecule has 0 aliphatic carbocycles. The second-order valence-corrected chi connectivity index (χ2v) is 1.31. The molecule has 0 saturated heterocycles. The zero-order valence-electron chi connectivity index (χ0n) is 6.79. The van der Waals surface area contributed by atoms with Gasteiger partial charge in [-0.3, -0.25) is 0 Å². The van der Waals surface area contributed by atoms with E-state index in [1.165, 1.54) is 12.1 Å². The van der Waals surface area contributed by atoms with E-state index in [0.29, 0.717) is 0 Å². The third-order valence-electron chi connectivity index (χ3n) is 0.743. The van der Waals surface area contributed by atoms with Crippen molar-refractivity contribution in [3.05, 3.63) is 30.3 Å². The van der Waals surface area contributed by atoms with E-state index < -0.39 is 0 Å². The number of benzene rings is 1. The molecule has 1 aromatic carbocycles. The van der Waals surface area contributed by atoms with Crippen LogP contribution in [0.1, 0.15) is 13.8 Å². The Morgan fingerprint density at radius 1 is 1.00 bits per heavy atom. The van der Waals surface area contributed by atoms with Crippen LogP contribution >= 0.6 is 0 Å². The third kappa shape index (κ3) is 6.14. The van der Waals surface area contributed by atoms with Gasteiger partial charge in [-0.05, 0) is 0 Å². The summed E-state index contributed by atoms with van der Waals surface area (Å²) in [7, 11) is 0. The number of rotatable bonds is 0. The molecule has 0 N–H and O–H groups in total. The quantitative estimate of drug-likeness (QED) is 0.421. The van der Waals surface area contributed by atoms with Crippen molar-refractivity contribution in [3.8, 4) is 5.75 Å². The second kappa shape index (κ2) is 9.02. The summed E-state index contributed by atoms with van der Waals surface area (Å²) < 4.78 is 0. The normalized spacial score (nSPS) is 6.60. The van der Waals surface area contributed by atoms with Crippen LogP contribution in [0, 0.1) is 0 Å². The Labute approximate surface area is 84.4 Å². The first-order valence-corrected chi connectivity index (χ1v) is 3.11. The van der Waals surface area contributed by atoms with Crippen molar-refractivity contribution >= 4 is 0 Å².